The summed E-state index contributed by atoms with van der Waals surface area (Å²) in [7, 11) is 0. The van der Waals surface area contributed by atoms with E-state index < -0.39 is 6.10 Å². The lowest BCUT2D eigenvalue weighted by Gasteiger charge is -2.41. The number of carbonyl (C=O) groups is 1. The minimum atomic E-state index is -0.709. The van der Waals surface area contributed by atoms with E-state index in [0.29, 0.717) is 12.0 Å². The van der Waals surface area contributed by atoms with E-state index in [9.17, 15) is 9.90 Å². The molecule has 2 aliphatic heterocycles. The van der Waals surface area contributed by atoms with Crippen LogP contribution < -0.4 is 0 Å². The number of ether oxygens (including phenoxy) is 1. The second-order valence-corrected chi connectivity index (χ2v) is 6.07. The van der Waals surface area contributed by atoms with Crippen LogP contribution in [-0.4, -0.2) is 41.7 Å². The minimum absolute atomic E-state index is 0.0513. The van der Waals surface area contributed by atoms with Gasteiger partial charge in [-0.1, -0.05) is 30.3 Å². The van der Waals surface area contributed by atoms with E-state index in [-0.39, 0.29) is 12.3 Å². The lowest BCUT2D eigenvalue weighted by atomic mass is 9.88. The van der Waals surface area contributed by atoms with Crippen molar-refractivity contribution in [1.82, 2.24) is 4.90 Å². The average molecular weight is 289 g/mol. The van der Waals surface area contributed by atoms with Gasteiger partial charge in [-0.25, -0.2) is 0 Å². The molecular weight excluding hydrogens is 266 g/mol. The van der Waals surface area contributed by atoms with Crippen LogP contribution in [0.1, 0.15) is 37.4 Å². The summed E-state index contributed by atoms with van der Waals surface area (Å²) in [5, 5.41) is 10.2. The third kappa shape index (κ3) is 3.44. The van der Waals surface area contributed by atoms with E-state index in [1.165, 1.54) is 0 Å². The van der Waals surface area contributed by atoms with Gasteiger partial charge < -0.3 is 14.7 Å². The van der Waals surface area contributed by atoms with Crippen LogP contribution >= 0.6 is 0 Å². The molecule has 2 saturated heterocycles. The molecule has 4 heteroatoms. The van der Waals surface area contributed by atoms with Crippen LogP contribution in [0.4, 0.5) is 0 Å². The molecule has 2 heterocycles. The topological polar surface area (TPSA) is 49.8 Å². The number of amides is 1. The Morgan fingerprint density at radius 2 is 2.14 bits per heavy atom. The molecule has 1 aromatic carbocycles. The second-order valence-electron chi connectivity index (χ2n) is 6.07. The van der Waals surface area contributed by atoms with Crippen molar-refractivity contribution in [3.63, 3.8) is 0 Å². The third-order valence-electron chi connectivity index (χ3n) is 4.62. The maximum atomic E-state index is 12.4. The molecule has 1 N–H and O–H groups in total. The number of hydrogen-bond donors (Lipinski definition) is 1. The summed E-state index contributed by atoms with van der Waals surface area (Å²) in [6.45, 7) is 2.40. The van der Waals surface area contributed by atoms with Crippen molar-refractivity contribution in [3.05, 3.63) is 35.9 Å². The number of rotatable bonds is 3. The Morgan fingerprint density at radius 3 is 2.95 bits per heavy atom. The van der Waals surface area contributed by atoms with Crippen LogP contribution in [0.5, 0.6) is 0 Å². The summed E-state index contributed by atoms with van der Waals surface area (Å²) in [6, 6.07) is 9.39. The monoisotopic (exact) mass is 289 g/mol. The van der Waals surface area contributed by atoms with Gasteiger partial charge >= 0.3 is 0 Å². The number of nitrogens with zero attached hydrogens (tertiary/aromatic N) is 1. The Morgan fingerprint density at radius 1 is 1.33 bits per heavy atom. The van der Waals surface area contributed by atoms with E-state index in [4.69, 9.17) is 4.74 Å². The highest BCUT2D eigenvalue weighted by Gasteiger charge is 2.34. The summed E-state index contributed by atoms with van der Waals surface area (Å²) in [5.41, 5.74) is 0.807. The Kier molecular flexibility index (Phi) is 4.56. The van der Waals surface area contributed by atoms with Crippen molar-refractivity contribution in [2.45, 2.75) is 37.9 Å². The Balaban J connectivity index is 1.56. The highest BCUT2D eigenvalue weighted by atomic mass is 16.5. The van der Waals surface area contributed by atoms with Crippen molar-refractivity contribution >= 4 is 5.91 Å². The molecule has 1 amide bonds. The summed E-state index contributed by atoms with van der Waals surface area (Å²) in [6.07, 6.45) is 2.96. The lowest BCUT2D eigenvalue weighted by molar-refractivity contribution is -0.140. The summed E-state index contributed by atoms with van der Waals surface area (Å²) >= 11 is 0. The maximum absolute atomic E-state index is 12.4. The molecule has 2 fully saturated rings. The molecule has 1 aromatic rings. The number of benzene rings is 1. The zero-order valence-electron chi connectivity index (χ0n) is 12.3. The van der Waals surface area contributed by atoms with Crippen LogP contribution in [0.3, 0.4) is 0 Å². The number of carbonyl (C=O) groups excluding carboxylic acids is 1. The fourth-order valence-electron chi connectivity index (χ4n) is 3.40. The zero-order chi connectivity index (χ0) is 14.7. The molecule has 0 spiro atoms. The minimum Gasteiger partial charge on any atom is -0.388 e. The van der Waals surface area contributed by atoms with Gasteiger partial charge in [0.05, 0.1) is 18.6 Å². The van der Waals surface area contributed by atoms with Gasteiger partial charge in [-0.05, 0) is 24.8 Å². The Hall–Kier alpha value is -1.39. The smallest absolute Gasteiger partial charge is 0.225 e. The molecule has 21 heavy (non-hydrogen) atoms. The fraction of sp³-hybridized carbons (Fsp3) is 0.588. The van der Waals surface area contributed by atoms with Gasteiger partial charge in [0.25, 0.3) is 0 Å². The predicted molar refractivity (Wildman–Crippen MR) is 79.7 cm³/mol. The molecule has 0 bridgehead atoms. The van der Waals surface area contributed by atoms with Gasteiger partial charge in [0.2, 0.25) is 5.91 Å². The first-order valence-corrected chi connectivity index (χ1v) is 7.86. The number of fused-ring (bicyclic) bond motifs is 1. The summed E-state index contributed by atoms with van der Waals surface area (Å²) in [5.74, 6) is 0.528. The average Bonchev–Trinajstić information content (AvgIpc) is 2.55. The highest BCUT2D eigenvalue weighted by Crippen LogP contribution is 2.29. The molecule has 3 atom stereocenters. The van der Waals surface area contributed by atoms with Gasteiger partial charge in [-0.2, -0.15) is 0 Å². The van der Waals surface area contributed by atoms with E-state index in [0.717, 1.165) is 44.5 Å². The SMILES string of the molecule is O=C(CC(O)c1ccccc1)N1CCC2OCCCC2C1. The molecule has 4 nitrogen and oxygen atoms in total. The lowest BCUT2D eigenvalue weighted by Crippen LogP contribution is -2.48. The first-order valence-electron chi connectivity index (χ1n) is 7.86. The Bertz CT molecular complexity index is 476. The fourth-order valence-corrected chi connectivity index (χ4v) is 3.40. The largest absolute Gasteiger partial charge is 0.388 e. The molecule has 2 aliphatic rings. The van der Waals surface area contributed by atoms with Crippen molar-refractivity contribution < 1.29 is 14.6 Å². The zero-order valence-corrected chi connectivity index (χ0v) is 12.3. The van der Waals surface area contributed by atoms with Gasteiger partial charge in [0, 0.05) is 25.6 Å². The normalized spacial score (nSPS) is 27.0. The van der Waals surface area contributed by atoms with Gasteiger partial charge in [0.1, 0.15) is 0 Å². The van der Waals surface area contributed by atoms with E-state index in [1.807, 2.05) is 35.2 Å². The first kappa shape index (κ1) is 14.5. The van der Waals surface area contributed by atoms with E-state index in [1.54, 1.807) is 0 Å². The van der Waals surface area contributed by atoms with Gasteiger partial charge in [0.15, 0.2) is 0 Å². The van der Waals surface area contributed by atoms with Crippen molar-refractivity contribution in [3.8, 4) is 0 Å². The van der Waals surface area contributed by atoms with Crippen LogP contribution in [0, 0.1) is 5.92 Å². The molecule has 0 aromatic heterocycles. The molecule has 0 radical (unpaired) electrons. The van der Waals surface area contributed by atoms with E-state index >= 15 is 0 Å². The van der Waals surface area contributed by atoms with Crippen molar-refractivity contribution in [2.24, 2.45) is 5.92 Å². The first-order chi connectivity index (χ1) is 10.2. The number of hydrogen-bond acceptors (Lipinski definition) is 3. The van der Waals surface area contributed by atoms with Crippen molar-refractivity contribution in [2.75, 3.05) is 19.7 Å². The standard InChI is InChI=1S/C17H23NO3/c19-15(13-5-2-1-3-6-13)11-17(20)18-9-8-16-14(12-18)7-4-10-21-16/h1-3,5-6,14-16,19H,4,7-12H2. The van der Waals surface area contributed by atoms with Crippen LogP contribution in [0.2, 0.25) is 0 Å². The molecule has 114 valence electrons. The van der Waals surface area contributed by atoms with Crippen LogP contribution in [0.15, 0.2) is 30.3 Å². The number of piperidine rings is 1. The van der Waals surface area contributed by atoms with Crippen molar-refractivity contribution in [1.29, 1.82) is 0 Å². The predicted octanol–water partition coefficient (Wildman–Crippen LogP) is 2.14. The molecule has 0 aliphatic carbocycles. The molecule has 0 saturated carbocycles. The maximum Gasteiger partial charge on any atom is 0.225 e. The van der Waals surface area contributed by atoms with Crippen LogP contribution in [-0.2, 0) is 9.53 Å². The number of likely N-dealkylation sites (tertiary alicyclic amines) is 1. The summed E-state index contributed by atoms with van der Waals surface area (Å²) in [4.78, 5) is 14.3. The quantitative estimate of drug-likeness (QED) is 0.927. The molecular formula is C17H23NO3. The second kappa shape index (κ2) is 6.58. The molecule has 3 unspecified atom stereocenters. The highest BCUT2D eigenvalue weighted by molar-refractivity contribution is 5.77. The third-order valence-corrected chi connectivity index (χ3v) is 4.62. The van der Waals surface area contributed by atoms with Gasteiger partial charge in [-0.3, -0.25) is 4.79 Å². The van der Waals surface area contributed by atoms with Crippen LogP contribution in [0.25, 0.3) is 0 Å². The number of aliphatic hydroxyl groups excluding tert-OH is 1. The number of aliphatic hydroxyl groups is 1. The van der Waals surface area contributed by atoms with E-state index in [2.05, 4.69) is 0 Å². The Labute approximate surface area is 125 Å². The van der Waals surface area contributed by atoms with Gasteiger partial charge in [-0.15, -0.1) is 0 Å². The summed E-state index contributed by atoms with van der Waals surface area (Å²) < 4.78 is 5.77. The molecule has 3 rings (SSSR count).